The van der Waals surface area contributed by atoms with E-state index in [-0.39, 0.29) is 0 Å². The summed E-state index contributed by atoms with van der Waals surface area (Å²) in [4.78, 5) is 24.7. The zero-order chi connectivity index (χ0) is 10.6. The molecule has 0 saturated carbocycles. The first kappa shape index (κ1) is 9.91. The van der Waals surface area contributed by atoms with E-state index in [2.05, 4.69) is 4.98 Å². The number of carbonyl (C=O) groups is 2. The van der Waals surface area contributed by atoms with Crippen LogP contribution in [0.5, 0.6) is 0 Å². The molecule has 0 unspecified atom stereocenters. The molecule has 0 amide bonds. The van der Waals surface area contributed by atoms with E-state index in [0.717, 1.165) is 6.08 Å². The number of hydrogen-bond donors (Lipinski definition) is 2. The Hall–Kier alpha value is -2.17. The number of carboxylic acid groups (broad SMARTS) is 2. The minimum atomic E-state index is -1.47. The summed E-state index contributed by atoms with van der Waals surface area (Å²) in [7, 11) is 0. The number of aliphatic carboxylic acids is 2. The van der Waals surface area contributed by atoms with Gasteiger partial charge in [0.05, 0.1) is 0 Å². The van der Waals surface area contributed by atoms with Gasteiger partial charge in [0.2, 0.25) is 0 Å². The molecule has 1 aromatic heterocycles. The summed E-state index contributed by atoms with van der Waals surface area (Å²) in [5.41, 5.74) is -0.245. The molecule has 0 saturated heterocycles. The smallest absolute Gasteiger partial charge is 0.343 e. The lowest BCUT2D eigenvalue weighted by molar-refractivity contribution is -0.139. The van der Waals surface area contributed by atoms with Crippen LogP contribution in [0.15, 0.2) is 30.1 Å². The third-order valence-corrected chi connectivity index (χ3v) is 1.46. The van der Waals surface area contributed by atoms with Crippen molar-refractivity contribution in [2.45, 2.75) is 0 Å². The van der Waals surface area contributed by atoms with E-state index in [1.807, 2.05) is 0 Å². The maximum absolute atomic E-state index is 10.5. The maximum Gasteiger partial charge on any atom is 0.343 e. The number of carboxylic acids is 2. The second-order valence-corrected chi connectivity index (χ2v) is 2.45. The van der Waals surface area contributed by atoms with Crippen LogP contribution in [0, 0.1) is 0 Å². The highest BCUT2D eigenvalue weighted by Gasteiger charge is 2.15. The van der Waals surface area contributed by atoms with Crippen molar-refractivity contribution in [3.8, 4) is 0 Å². The summed E-state index contributed by atoms with van der Waals surface area (Å²) in [5.74, 6) is -2.94. The normalized spacial score (nSPS) is 9.14. The summed E-state index contributed by atoms with van der Waals surface area (Å²) in [6, 6.07) is 3.16. The zero-order valence-corrected chi connectivity index (χ0v) is 7.04. The fourth-order valence-corrected chi connectivity index (χ4v) is 0.843. The molecule has 0 atom stereocenters. The van der Waals surface area contributed by atoms with Crippen molar-refractivity contribution in [2.75, 3.05) is 0 Å². The Morgan fingerprint density at radius 2 is 1.93 bits per heavy atom. The minimum Gasteiger partial charge on any atom is -0.477 e. The standard InChI is InChI=1S/C9H7NO4/c11-8(12)7(9(13)14)4-6-2-1-3-10-5-6/h1-5H,(H,11,12)(H,13,14). The number of hydrogen-bond acceptors (Lipinski definition) is 3. The maximum atomic E-state index is 10.5. The second kappa shape index (κ2) is 4.18. The molecule has 5 heteroatoms. The first-order valence-electron chi connectivity index (χ1n) is 3.69. The van der Waals surface area contributed by atoms with Crippen molar-refractivity contribution in [3.63, 3.8) is 0 Å². The van der Waals surface area contributed by atoms with Crippen LogP contribution in [0.25, 0.3) is 6.08 Å². The molecule has 2 N–H and O–H groups in total. The van der Waals surface area contributed by atoms with Gasteiger partial charge in [-0.1, -0.05) is 6.07 Å². The summed E-state index contributed by atoms with van der Waals surface area (Å²) < 4.78 is 0. The van der Waals surface area contributed by atoms with Crippen LogP contribution in [0.2, 0.25) is 0 Å². The van der Waals surface area contributed by atoms with Crippen LogP contribution in [0.3, 0.4) is 0 Å². The Morgan fingerprint density at radius 1 is 1.29 bits per heavy atom. The average Bonchev–Trinajstić information content (AvgIpc) is 2.15. The fourth-order valence-electron chi connectivity index (χ4n) is 0.843. The second-order valence-electron chi connectivity index (χ2n) is 2.45. The van der Waals surface area contributed by atoms with Gasteiger partial charge in [0.25, 0.3) is 0 Å². The van der Waals surface area contributed by atoms with E-state index in [4.69, 9.17) is 10.2 Å². The Morgan fingerprint density at radius 3 is 2.36 bits per heavy atom. The van der Waals surface area contributed by atoms with E-state index in [1.54, 1.807) is 12.1 Å². The van der Waals surface area contributed by atoms with E-state index < -0.39 is 17.5 Å². The first-order valence-corrected chi connectivity index (χ1v) is 3.69. The molecule has 0 fully saturated rings. The lowest BCUT2D eigenvalue weighted by atomic mass is 10.2. The zero-order valence-electron chi connectivity index (χ0n) is 7.04. The molecule has 14 heavy (non-hydrogen) atoms. The Bertz CT molecular complexity index is 367. The van der Waals surface area contributed by atoms with Crippen molar-refractivity contribution in [2.24, 2.45) is 0 Å². The average molecular weight is 193 g/mol. The molecule has 0 spiro atoms. The van der Waals surface area contributed by atoms with E-state index in [1.165, 1.54) is 12.4 Å². The molecule has 0 aliphatic carbocycles. The minimum absolute atomic E-state index is 0.437. The van der Waals surface area contributed by atoms with Crippen molar-refractivity contribution in [3.05, 3.63) is 35.7 Å². The third kappa shape index (κ3) is 2.41. The number of pyridine rings is 1. The summed E-state index contributed by atoms with van der Waals surface area (Å²) >= 11 is 0. The quantitative estimate of drug-likeness (QED) is 0.417. The van der Waals surface area contributed by atoms with E-state index >= 15 is 0 Å². The van der Waals surface area contributed by atoms with Gasteiger partial charge in [-0.3, -0.25) is 4.98 Å². The van der Waals surface area contributed by atoms with Gasteiger partial charge in [-0.05, 0) is 17.7 Å². The van der Waals surface area contributed by atoms with Crippen LogP contribution < -0.4 is 0 Å². The van der Waals surface area contributed by atoms with Gasteiger partial charge >= 0.3 is 11.9 Å². The van der Waals surface area contributed by atoms with E-state index in [0.29, 0.717) is 5.56 Å². The molecule has 72 valence electrons. The SMILES string of the molecule is O=C(O)C(=Cc1cccnc1)C(=O)O. The topological polar surface area (TPSA) is 87.5 Å². The van der Waals surface area contributed by atoms with Gasteiger partial charge in [0.1, 0.15) is 5.57 Å². The fraction of sp³-hybridized carbons (Fsp3) is 0. The molecule has 0 bridgehead atoms. The van der Waals surface area contributed by atoms with Crippen molar-refractivity contribution in [1.29, 1.82) is 0 Å². The monoisotopic (exact) mass is 193 g/mol. The molecule has 1 aromatic rings. The van der Waals surface area contributed by atoms with Gasteiger partial charge in [-0.2, -0.15) is 0 Å². The van der Waals surface area contributed by atoms with Crippen LogP contribution in [0.4, 0.5) is 0 Å². The molecule has 0 aromatic carbocycles. The Labute approximate surface area is 79.3 Å². The van der Waals surface area contributed by atoms with Crippen LogP contribution >= 0.6 is 0 Å². The highest BCUT2D eigenvalue weighted by molar-refractivity contribution is 6.16. The number of nitrogens with zero attached hydrogens (tertiary/aromatic N) is 1. The van der Waals surface area contributed by atoms with Crippen molar-refractivity contribution >= 4 is 18.0 Å². The van der Waals surface area contributed by atoms with Crippen LogP contribution in [-0.2, 0) is 9.59 Å². The van der Waals surface area contributed by atoms with Gasteiger partial charge < -0.3 is 10.2 Å². The predicted octanol–water partition coefficient (Wildman–Crippen LogP) is 0.634. The third-order valence-electron chi connectivity index (χ3n) is 1.46. The van der Waals surface area contributed by atoms with Crippen molar-refractivity contribution in [1.82, 2.24) is 4.98 Å². The molecular weight excluding hydrogens is 186 g/mol. The molecular formula is C9H7NO4. The number of aromatic nitrogens is 1. The van der Waals surface area contributed by atoms with Gasteiger partial charge in [0.15, 0.2) is 0 Å². The lowest BCUT2D eigenvalue weighted by Crippen LogP contribution is -2.10. The molecule has 1 rings (SSSR count). The largest absolute Gasteiger partial charge is 0.477 e. The summed E-state index contributed by atoms with van der Waals surface area (Å²) in [5, 5.41) is 17.1. The van der Waals surface area contributed by atoms with Crippen LogP contribution in [-0.4, -0.2) is 27.1 Å². The lowest BCUT2D eigenvalue weighted by Gasteiger charge is -1.95. The molecule has 5 nitrogen and oxygen atoms in total. The van der Waals surface area contributed by atoms with Crippen molar-refractivity contribution < 1.29 is 19.8 Å². The Balaban J connectivity index is 3.06. The van der Waals surface area contributed by atoms with Gasteiger partial charge in [0, 0.05) is 12.4 Å². The predicted molar refractivity (Wildman–Crippen MR) is 47.5 cm³/mol. The summed E-state index contributed by atoms with van der Waals surface area (Å²) in [6.07, 6.45) is 3.95. The first-order chi connectivity index (χ1) is 6.61. The molecule has 1 heterocycles. The highest BCUT2D eigenvalue weighted by atomic mass is 16.4. The highest BCUT2D eigenvalue weighted by Crippen LogP contribution is 2.05. The van der Waals surface area contributed by atoms with Crippen LogP contribution in [0.1, 0.15) is 5.56 Å². The van der Waals surface area contributed by atoms with Gasteiger partial charge in [-0.25, -0.2) is 9.59 Å². The number of rotatable bonds is 3. The molecule has 0 radical (unpaired) electrons. The summed E-state index contributed by atoms with van der Waals surface area (Å²) in [6.45, 7) is 0. The van der Waals surface area contributed by atoms with Gasteiger partial charge in [-0.15, -0.1) is 0 Å². The molecule has 0 aliphatic heterocycles. The molecule has 0 aliphatic rings. The Kier molecular flexibility index (Phi) is 2.96. The van der Waals surface area contributed by atoms with E-state index in [9.17, 15) is 9.59 Å².